The molecule has 0 spiro atoms. The van der Waals surface area contributed by atoms with Gasteiger partial charge in [0.1, 0.15) is 11.3 Å². The lowest BCUT2D eigenvalue weighted by Crippen LogP contribution is -2.40. The lowest BCUT2D eigenvalue weighted by Gasteiger charge is -2.18. The highest BCUT2D eigenvalue weighted by Crippen LogP contribution is 2.33. The Bertz CT molecular complexity index is 960. The molecule has 134 valence electrons. The van der Waals surface area contributed by atoms with E-state index in [1.807, 2.05) is 31.2 Å². The molecule has 0 unspecified atom stereocenters. The van der Waals surface area contributed by atoms with Crippen molar-refractivity contribution in [2.45, 2.75) is 38.9 Å². The Balaban J connectivity index is 1.64. The third-order valence-corrected chi connectivity index (χ3v) is 4.53. The van der Waals surface area contributed by atoms with Crippen LogP contribution in [0.4, 0.5) is 4.79 Å². The number of nitrogens with one attached hydrogen (secondary N) is 1. The molecule has 1 saturated heterocycles. The molecule has 3 heterocycles. The molecule has 1 fully saturated rings. The molecule has 9 nitrogen and oxygen atoms in total. The number of para-hydroxylation sites is 1. The summed E-state index contributed by atoms with van der Waals surface area (Å²) in [5.74, 6) is 0.463. The van der Waals surface area contributed by atoms with Gasteiger partial charge in [0.15, 0.2) is 11.4 Å². The molecule has 3 amide bonds. The minimum absolute atomic E-state index is 0.00743. The molecule has 1 aromatic carbocycles. The van der Waals surface area contributed by atoms with E-state index in [9.17, 15) is 9.59 Å². The largest absolute Gasteiger partial charge is 0.458 e. The van der Waals surface area contributed by atoms with Gasteiger partial charge in [0.25, 0.3) is 5.91 Å². The summed E-state index contributed by atoms with van der Waals surface area (Å²) in [6.07, 6.45) is 0.842. The minimum atomic E-state index is -1.26. The summed E-state index contributed by atoms with van der Waals surface area (Å²) in [5.41, 5.74) is -0.602. The molecule has 0 aliphatic carbocycles. The molecular formula is C17H18N6O3. The first-order valence-electron chi connectivity index (χ1n) is 8.41. The van der Waals surface area contributed by atoms with E-state index in [1.165, 1.54) is 0 Å². The molecule has 2 aromatic heterocycles. The number of tetrazole rings is 1. The van der Waals surface area contributed by atoms with E-state index < -0.39 is 17.5 Å². The monoisotopic (exact) mass is 354 g/mol. The number of nitrogens with zero attached hydrogens (tertiary/aromatic N) is 5. The standard InChI is InChI=1S/C17H18N6O3/c1-3-8-23-14(19-20-21-23)10-22-15(24)17(2,18-16(22)25)13-9-11-6-4-5-7-12(11)26-13/h4-7,9H,3,8,10H2,1-2H3,(H,18,25)/t17-/m1/s1. The van der Waals surface area contributed by atoms with E-state index in [1.54, 1.807) is 17.7 Å². The number of aromatic nitrogens is 4. The lowest BCUT2D eigenvalue weighted by atomic mass is 9.99. The molecule has 0 saturated carbocycles. The molecule has 1 aliphatic heterocycles. The van der Waals surface area contributed by atoms with E-state index in [0.29, 0.717) is 23.7 Å². The zero-order valence-electron chi connectivity index (χ0n) is 14.5. The summed E-state index contributed by atoms with van der Waals surface area (Å²) < 4.78 is 7.41. The van der Waals surface area contributed by atoms with Crippen molar-refractivity contribution >= 4 is 22.9 Å². The van der Waals surface area contributed by atoms with Gasteiger partial charge in [-0.3, -0.25) is 9.69 Å². The first-order chi connectivity index (χ1) is 12.5. The summed E-state index contributed by atoms with van der Waals surface area (Å²) in [4.78, 5) is 26.6. The average molecular weight is 354 g/mol. The zero-order valence-corrected chi connectivity index (χ0v) is 14.5. The Morgan fingerprint density at radius 1 is 1.27 bits per heavy atom. The number of furan rings is 1. The highest BCUT2D eigenvalue weighted by Gasteiger charge is 2.51. The third-order valence-electron chi connectivity index (χ3n) is 4.53. The molecule has 0 bridgehead atoms. The van der Waals surface area contributed by atoms with Crippen LogP contribution in [0.15, 0.2) is 34.7 Å². The number of aryl methyl sites for hydroxylation is 1. The molecule has 26 heavy (non-hydrogen) atoms. The number of hydrogen-bond donors (Lipinski definition) is 1. The molecule has 0 radical (unpaired) electrons. The van der Waals surface area contributed by atoms with Crippen molar-refractivity contribution in [3.63, 3.8) is 0 Å². The highest BCUT2D eigenvalue weighted by atomic mass is 16.3. The Labute approximate surface area is 148 Å². The van der Waals surface area contributed by atoms with Crippen LogP contribution >= 0.6 is 0 Å². The van der Waals surface area contributed by atoms with Crippen LogP contribution in [0.2, 0.25) is 0 Å². The molecule has 3 aromatic rings. The van der Waals surface area contributed by atoms with Gasteiger partial charge in [-0.1, -0.05) is 25.1 Å². The smallest absolute Gasteiger partial charge is 0.325 e. The van der Waals surface area contributed by atoms with Crippen molar-refractivity contribution in [2.24, 2.45) is 0 Å². The Kier molecular flexibility index (Phi) is 3.71. The zero-order chi connectivity index (χ0) is 18.3. The summed E-state index contributed by atoms with van der Waals surface area (Å²) in [6, 6.07) is 8.73. The fraction of sp³-hybridized carbons (Fsp3) is 0.353. The number of carbonyl (C=O) groups is 2. The summed E-state index contributed by atoms with van der Waals surface area (Å²) >= 11 is 0. The maximum Gasteiger partial charge on any atom is 0.325 e. The van der Waals surface area contributed by atoms with Gasteiger partial charge in [-0.25, -0.2) is 9.48 Å². The number of rotatable bonds is 5. The van der Waals surface area contributed by atoms with E-state index in [0.717, 1.165) is 16.7 Å². The topological polar surface area (TPSA) is 106 Å². The molecule has 9 heteroatoms. The minimum Gasteiger partial charge on any atom is -0.458 e. The first-order valence-corrected chi connectivity index (χ1v) is 8.41. The Morgan fingerprint density at radius 3 is 2.85 bits per heavy atom. The number of amides is 3. The summed E-state index contributed by atoms with van der Waals surface area (Å²) in [6.45, 7) is 4.26. The van der Waals surface area contributed by atoms with Crippen molar-refractivity contribution in [3.8, 4) is 0 Å². The lowest BCUT2D eigenvalue weighted by molar-refractivity contribution is -0.132. The summed E-state index contributed by atoms with van der Waals surface area (Å²) in [5, 5.41) is 15.1. The predicted molar refractivity (Wildman–Crippen MR) is 90.8 cm³/mol. The van der Waals surface area contributed by atoms with Gasteiger partial charge in [-0.05, 0) is 35.9 Å². The number of benzene rings is 1. The second kappa shape index (κ2) is 5.94. The van der Waals surface area contributed by atoms with Crippen LogP contribution in [-0.2, 0) is 23.4 Å². The highest BCUT2D eigenvalue weighted by molar-refractivity contribution is 6.07. The fourth-order valence-corrected chi connectivity index (χ4v) is 3.10. The van der Waals surface area contributed by atoms with E-state index in [-0.39, 0.29) is 6.54 Å². The van der Waals surface area contributed by atoms with Crippen molar-refractivity contribution < 1.29 is 14.0 Å². The number of imide groups is 1. The van der Waals surface area contributed by atoms with Crippen LogP contribution in [0.5, 0.6) is 0 Å². The van der Waals surface area contributed by atoms with Crippen molar-refractivity contribution in [1.82, 2.24) is 30.4 Å². The second-order valence-corrected chi connectivity index (χ2v) is 6.41. The summed E-state index contributed by atoms with van der Waals surface area (Å²) in [7, 11) is 0. The number of urea groups is 1. The van der Waals surface area contributed by atoms with Gasteiger partial charge in [0.05, 0.1) is 6.54 Å². The van der Waals surface area contributed by atoms with Gasteiger partial charge in [0.2, 0.25) is 0 Å². The average Bonchev–Trinajstić information content (AvgIpc) is 3.30. The molecule has 1 aliphatic rings. The Hall–Kier alpha value is -3.23. The first kappa shape index (κ1) is 16.2. The van der Waals surface area contributed by atoms with Crippen LogP contribution in [0.3, 0.4) is 0 Å². The molecular weight excluding hydrogens is 336 g/mol. The van der Waals surface area contributed by atoms with Crippen LogP contribution < -0.4 is 5.32 Å². The normalized spacial score (nSPS) is 20.2. The van der Waals surface area contributed by atoms with Gasteiger partial charge in [-0.2, -0.15) is 0 Å². The second-order valence-electron chi connectivity index (χ2n) is 6.41. The number of hydrogen-bond acceptors (Lipinski definition) is 6. The SMILES string of the molecule is CCCn1nnnc1CN1C(=O)N[C@](C)(c2cc3ccccc3o2)C1=O. The molecule has 1 atom stereocenters. The van der Waals surface area contributed by atoms with Crippen LogP contribution in [0.1, 0.15) is 31.9 Å². The predicted octanol–water partition coefficient (Wildman–Crippen LogP) is 1.80. The number of carbonyl (C=O) groups excluding carboxylic acids is 2. The van der Waals surface area contributed by atoms with E-state index in [4.69, 9.17) is 4.42 Å². The van der Waals surface area contributed by atoms with Gasteiger partial charge in [0, 0.05) is 11.9 Å². The molecule has 4 rings (SSSR count). The van der Waals surface area contributed by atoms with Crippen molar-refractivity contribution in [1.29, 1.82) is 0 Å². The molecule has 1 N–H and O–H groups in total. The van der Waals surface area contributed by atoms with Crippen LogP contribution in [-0.4, -0.2) is 37.0 Å². The van der Waals surface area contributed by atoms with Gasteiger partial charge in [-0.15, -0.1) is 5.10 Å². The third kappa shape index (κ3) is 2.43. The van der Waals surface area contributed by atoms with Gasteiger partial charge >= 0.3 is 6.03 Å². The van der Waals surface area contributed by atoms with E-state index >= 15 is 0 Å². The Morgan fingerprint density at radius 2 is 2.08 bits per heavy atom. The fourth-order valence-electron chi connectivity index (χ4n) is 3.10. The van der Waals surface area contributed by atoms with Crippen molar-refractivity contribution in [3.05, 3.63) is 41.9 Å². The van der Waals surface area contributed by atoms with Crippen LogP contribution in [0, 0.1) is 0 Å². The number of fused-ring (bicyclic) bond motifs is 1. The maximum atomic E-state index is 13.0. The van der Waals surface area contributed by atoms with Gasteiger partial charge < -0.3 is 9.73 Å². The van der Waals surface area contributed by atoms with Crippen molar-refractivity contribution in [2.75, 3.05) is 0 Å². The quantitative estimate of drug-likeness (QED) is 0.700. The van der Waals surface area contributed by atoms with Crippen LogP contribution in [0.25, 0.3) is 11.0 Å². The van der Waals surface area contributed by atoms with E-state index in [2.05, 4.69) is 20.8 Å². The maximum absolute atomic E-state index is 13.0.